The number of allylic oxidation sites excluding steroid dienone is 2. The fourth-order valence-electron chi connectivity index (χ4n) is 6.12. The molecule has 3 fully saturated rings. The second-order valence-corrected chi connectivity index (χ2v) is 10.1. The van der Waals surface area contributed by atoms with Gasteiger partial charge in [-0.05, 0) is 87.2 Å². The van der Waals surface area contributed by atoms with Gasteiger partial charge in [0.25, 0.3) is 5.91 Å². The quantitative estimate of drug-likeness (QED) is 0.640. The van der Waals surface area contributed by atoms with E-state index in [9.17, 15) is 4.79 Å². The molecule has 4 aliphatic rings. The molecule has 6 heteroatoms. The van der Waals surface area contributed by atoms with E-state index < -0.39 is 5.54 Å². The SMILES string of the molecule is C=C1/C=C(OCC2CCCC2)\C=C/CCC2(CCC(OC)CC2)C12NC(=S)N(C)C2=O. The Labute approximate surface area is 191 Å². The summed E-state index contributed by atoms with van der Waals surface area (Å²) in [6, 6.07) is 0. The molecule has 4 rings (SSSR count). The minimum Gasteiger partial charge on any atom is -0.493 e. The molecule has 0 radical (unpaired) electrons. The molecule has 2 spiro atoms. The number of carbonyl (C=O) groups excluding carboxylic acids is 1. The van der Waals surface area contributed by atoms with E-state index in [0.717, 1.165) is 56.5 Å². The van der Waals surface area contributed by atoms with Crippen LogP contribution in [0.25, 0.3) is 0 Å². The smallest absolute Gasteiger partial charge is 0.259 e. The maximum Gasteiger partial charge on any atom is 0.259 e. The van der Waals surface area contributed by atoms with E-state index >= 15 is 0 Å². The summed E-state index contributed by atoms with van der Waals surface area (Å²) >= 11 is 5.55. The summed E-state index contributed by atoms with van der Waals surface area (Å²) in [7, 11) is 3.54. The first-order chi connectivity index (χ1) is 14.9. The van der Waals surface area contributed by atoms with Crippen LogP contribution in [0.4, 0.5) is 0 Å². The topological polar surface area (TPSA) is 50.8 Å². The van der Waals surface area contributed by atoms with Crippen molar-refractivity contribution in [3.63, 3.8) is 0 Å². The molecule has 3 aliphatic carbocycles. The van der Waals surface area contributed by atoms with E-state index in [1.807, 2.05) is 6.08 Å². The van der Waals surface area contributed by atoms with Gasteiger partial charge in [0.15, 0.2) is 5.11 Å². The largest absolute Gasteiger partial charge is 0.493 e. The van der Waals surface area contributed by atoms with Gasteiger partial charge in [-0.1, -0.05) is 25.5 Å². The third-order valence-corrected chi connectivity index (χ3v) is 8.45. The van der Waals surface area contributed by atoms with E-state index in [2.05, 4.69) is 24.0 Å². The first-order valence-electron chi connectivity index (χ1n) is 11.8. The van der Waals surface area contributed by atoms with Gasteiger partial charge in [0.05, 0.1) is 12.7 Å². The van der Waals surface area contributed by atoms with Crippen molar-refractivity contribution in [3.05, 3.63) is 36.1 Å². The van der Waals surface area contributed by atoms with Gasteiger partial charge in [0, 0.05) is 19.6 Å². The summed E-state index contributed by atoms with van der Waals surface area (Å²) in [5.41, 5.74) is -0.425. The number of nitrogens with zero attached hydrogens (tertiary/aromatic N) is 1. The Morgan fingerprint density at radius 3 is 2.55 bits per heavy atom. The predicted octanol–water partition coefficient (Wildman–Crippen LogP) is 4.64. The van der Waals surface area contributed by atoms with Crippen LogP contribution in [0.1, 0.15) is 64.2 Å². The second-order valence-electron chi connectivity index (χ2n) is 9.73. The normalized spacial score (nSPS) is 37.4. The zero-order valence-electron chi connectivity index (χ0n) is 19.0. The van der Waals surface area contributed by atoms with Crippen LogP contribution in [0.5, 0.6) is 0 Å². The number of carbonyl (C=O) groups is 1. The van der Waals surface area contributed by atoms with Gasteiger partial charge in [-0.2, -0.15) is 0 Å². The molecular weight excluding hydrogens is 408 g/mol. The summed E-state index contributed by atoms with van der Waals surface area (Å²) in [6.07, 6.45) is 17.0. The summed E-state index contributed by atoms with van der Waals surface area (Å²) in [5.74, 6) is 1.44. The lowest BCUT2D eigenvalue weighted by molar-refractivity contribution is -0.135. The number of methoxy groups -OCH3 is 1. The van der Waals surface area contributed by atoms with Crippen LogP contribution in [0.15, 0.2) is 36.1 Å². The molecule has 5 nitrogen and oxygen atoms in total. The highest BCUT2D eigenvalue weighted by molar-refractivity contribution is 7.80. The number of fused-ring (bicyclic) bond motifs is 1. The number of likely N-dealkylation sites (N-methyl/N-ethyl adjacent to an activating group) is 1. The lowest BCUT2D eigenvalue weighted by atomic mass is 9.56. The van der Waals surface area contributed by atoms with Crippen molar-refractivity contribution in [2.75, 3.05) is 20.8 Å². The number of hydrogen-bond donors (Lipinski definition) is 1. The maximum atomic E-state index is 13.8. The monoisotopic (exact) mass is 444 g/mol. The molecule has 2 saturated carbocycles. The Morgan fingerprint density at radius 1 is 1.23 bits per heavy atom. The van der Waals surface area contributed by atoms with Crippen LogP contribution in [0.3, 0.4) is 0 Å². The molecule has 1 unspecified atom stereocenters. The van der Waals surface area contributed by atoms with Crippen LogP contribution in [0, 0.1) is 11.3 Å². The summed E-state index contributed by atoms with van der Waals surface area (Å²) in [5, 5.41) is 3.94. The summed E-state index contributed by atoms with van der Waals surface area (Å²) in [4.78, 5) is 15.4. The molecule has 0 aromatic heterocycles. The molecule has 1 heterocycles. The minimum atomic E-state index is -0.925. The number of hydrogen-bond acceptors (Lipinski definition) is 4. The second kappa shape index (κ2) is 9.07. The molecule has 1 N–H and O–H groups in total. The van der Waals surface area contributed by atoms with E-state index in [0.29, 0.717) is 11.0 Å². The molecule has 170 valence electrons. The molecule has 0 bridgehead atoms. The van der Waals surface area contributed by atoms with Crippen LogP contribution in [0.2, 0.25) is 0 Å². The Balaban J connectivity index is 1.68. The molecule has 0 aromatic rings. The number of ether oxygens (including phenoxy) is 2. The van der Waals surface area contributed by atoms with Crippen molar-refractivity contribution >= 4 is 23.2 Å². The number of rotatable bonds is 4. The number of amides is 1. The molecule has 1 aliphatic heterocycles. The first kappa shape index (κ1) is 22.5. The van der Waals surface area contributed by atoms with E-state index in [1.165, 1.54) is 25.7 Å². The van der Waals surface area contributed by atoms with Crippen molar-refractivity contribution in [2.24, 2.45) is 11.3 Å². The number of nitrogens with one attached hydrogen (secondary N) is 1. The predicted molar refractivity (Wildman–Crippen MR) is 126 cm³/mol. The van der Waals surface area contributed by atoms with Crippen LogP contribution >= 0.6 is 12.2 Å². The van der Waals surface area contributed by atoms with Crippen molar-refractivity contribution in [2.45, 2.75) is 75.9 Å². The van der Waals surface area contributed by atoms with Gasteiger partial charge in [-0.15, -0.1) is 0 Å². The fourth-order valence-corrected chi connectivity index (χ4v) is 6.36. The van der Waals surface area contributed by atoms with Gasteiger partial charge in [0.2, 0.25) is 0 Å². The van der Waals surface area contributed by atoms with Crippen molar-refractivity contribution < 1.29 is 14.3 Å². The number of thiocarbonyl (C=S) groups is 1. The molecule has 31 heavy (non-hydrogen) atoms. The first-order valence-corrected chi connectivity index (χ1v) is 12.2. The highest BCUT2D eigenvalue weighted by Crippen LogP contribution is 2.54. The molecule has 1 atom stereocenters. The zero-order valence-corrected chi connectivity index (χ0v) is 19.8. The average molecular weight is 445 g/mol. The van der Waals surface area contributed by atoms with Crippen molar-refractivity contribution in [1.82, 2.24) is 10.2 Å². The van der Waals surface area contributed by atoms with Crippen LogP contribution in [-0.4, -0.2) is 48.3 Å². The van der Waals surface area contributed by atoms with Crippen molar-refractivity contribution in [1.29, 1.82) is 0 Å². The molecule has 1 saturated heterocycles. The lowest BCUT2D eigenvalue weighted by Crippen LogP contribution is -2.62. The lowest BCUT2D eigenvalue weighted by Gasteiger charge is -2.51. The third kappa shape index (κ3) is 3.97. The Hall–Kier alpha value is -1.66. The van der Waals surface area contributed by atoms with Crippen LogP contribution < -0.4 is 5.32 Å². The Kier molecular flexibility index (Phi) is 6.59. The standard InChI is InChI=1S/C25H36N2O3S/c1-18-16-21(30-17-19-8-4-5-9-19)10-6-7-13-24(14-11-20(29-3)12-15-24)25(18)22(28)27(2)23(31)26-25/h6,10,16,19-20H,1,4-5,7-9,11-15,17H2,2-3H3,(H,26,31)/b10-6-,21-16+. The van der Waals surface area contributed by atoms with Gasteiger partial charge < -0.3 is 14.8 Å². The molecular formula is C25H36N2O3S. The van der Waals surface area contributed by atoms with Gasteiger partial charge >= 0.3 is 0 Å². The fraction of sp³-hybridized carbons (Fsp3) is 0.680. The highest BCUT2D eigenvalue weighted by atomic mass is 32.1. The van der Waals surface area contributed by atoms with Gasteiger partial charge in [-0.3, -0.25) is 9.69 Å². The molecule has 0 aromatic carbocycles. The van der Waals surface area contributed by atoms with Gasteiger partial charge in [-0.25, -0.2) is 0 Å². The minimum absolute atomic E-state index is 0.00617. The maximum absolute atomic E-state index is 13.8. The van der Waals surface area contributed by atoms with Gasteiger partial charge in [0.1, 0.15) is 11.3 Å². The average Bonchev–Trinajstić information content (AvgIpc) is 3.38. The van der Waals surface area contributed by atoms with Crippen molar-refractivity contribution in [3.8, 4) is 0 Å². The third-order valence-electron chi connectivity index (χ3n) is 8.07. The van der Waals surface area contributed by atoms with E-state index in [-0.39, 0.29) is 17.4 Å². The van der Waals surface area contributed by atoms with E-state index in [4.69, 9.17) is 21.7 Å². The van der Waals surface area contributed by atoms with Crippen LogP contribution in [-0.2, 0) is 14.3 Å². The highest BCUT2D eigenvalue weighted by Gasteiger charge is 2.62. The Morgan fingerprint density at radius 2 is 1.94 bits per heavy atom. The molecule has 1 amide bonds. The zero-order chi connectivity index (χ0) is 22.1. The summed E-state index contributed by atoms with van der Waals surface area (Å²) in [6.45, 7) is 5.17. The Bertz CT molecular complexity index is 791. The summed E-state index contributed by atoms with van der Waals surface area (Å²) < 4.78 is 11.9. The van der Waals surface area contributed by atoms with E-state index in [1.54, 1.807) is 19.1 Å².